The zero-order valence-corrected chi connectivity index (χ0v) is 14.0. The van der Waals surface area contributed by atoms with Crippen LogP contribution in [-0.2, 0) is 4.74 Å². The third-order valence-corrected chi connectivity index (χ3v) is 5.32. The highest BCUT2D eigenvalue weighted by atomic mass is 16.5. The zero-order valence-electron chi connectivity index (χ0n) is 14.0. The van der Waals surface area contributed by atoms with E-state index < -0.39 is 0 Å². The standard InChI is InChI=1S/C16H30N4O2/c1-18(2)15-4-8-20(12-15)16(21)19-7-3-14(11-19)17-13-5-9-22-10-6-13/h13-15,17H,3-12H2,1-2H3. The van der Waals surface area contributed by atoms with Gasteiger partial charge in [-0.25, -0.2) is 4.79 Å². The SMILES string of the molecule is CN(C)C1CCN(C(=O)N2CCC(NC3CCOCC3)C2)C1. The molecule has 3 heterocycles. The minimum atomic E-state index is 0.237. The molecule has 0 aromatic rings. The Balaban J connectivity index is 1.44. The van der Waals surface area contributed by atoms with Crippen molar-refractivity contribution < 1.29 is 9.53 Å². The van der Waals surface area contributed by atoms with Gasteiger partial charge >= 0.3 is 6.03 Å². The fraction of sp³-hybridized carbons (Fsp3) is 0.938. The van der Waals surface area contributed by atoms with Gasteiger partial charge in [0.15, 0.2) is 0 Å². The summed E-state index contributed by atoms with van der Waals surface area (Å²) in [5, 5.41) is 3.72. The van der Waals surface area contributed by atoms with Gasteiger partial charge in [0.25, 0.3) is 0 Å². The van der Waals surface area contributed by atoms with Gasteiger partial charge in [-0.2, -0.15) is 0 Å². The monoisotopic (exact) mass is 310 g/mol. The molecular formula is C16H30N4O2. The van der Waals surface area contributed by atoms with Gasteiger partial charge in [-0.1, -0.05) is 0 Å². The first kappa shape index (κ1) is 16.0. The van der Waals surface area contributed by atoms with E-state index >= 15 is 0 Å². The molecule has 0 spiro atoms. The van der Waals surface area contributed by atoms with Crippen LogP contribution in [-0.4, -0.2) is 92.3 Å². The lowest BCUT2D eigenvalue weighted by Crippen LogP contribution is -2.46. The van der Waals surface area contributed by atoms with E-state index in [0.717, 1.165) is 65.1 Å². The van der Waals surface area contributed by atoms with Crippen LogP contribution in [0.25, 0.3) is 0 Å². The summed E-state index contributed by atoms with van der Waals surface area (Å²) in [4.78, 5) is 18.9. The van der Waals surface area contributed by atoms with E-state index in [4.69, 9.17) is 4.74 Å². The van der Waals surface area contributed by atoms with Crippen LogP contribution >= 0.6 is 0 Å². The van der Waals surface area contributed by atoms with Gasteiger partial charge < -0.3 is 24.8 Å². The molecule has 3 fully saturated rings. The Morgan fingerprint density at radius 3 is 2.36 bits per heavy atom. The van der Waals surface area contributed by atoms with Crippen molar-refractivity contribution in [2.45, 2.75) is 43.8 Å². The average Bonchev–Trinajstić information content (AvgIpc) is 3.17. The molecule has 6 nitrogen and oxygen atoms in total. The van der Waals surface area contributed by atoms with Gasteiger partial charge in [0.1, 0.15) is 0 Å². The summed E-state index contributed by atoms with van der Waals surface area (Å²) in [5.74, 6) is 0. The molecule has 0 aliphatic carbocycles. The number of nitrogens with one attached hydrogen (secondary N) is 1. The Bertz CT molecular complexity index is 384. The molecule has 3 rings (SSSR count). The summed E-state index contributed by atoms with van der Waals surface area (Å²) >= 11 is 0. The first-order valence-corrected chi connectivity index (χ1v) is 8.67. The largest absolute Gasteiger partial charge is 0.381 e. The Morgan fingerprint density at radius 1 is 1.00 bits per heavy atom. The van der Waals surface area contributed by atoms with Crippen molar-refractivity contribution in [3.8, 4) is 0 Å². The maximum absolute atomic E-state index is 12.6. The minimum Gasteiger partial charge on any atom is -0.381 e. The molecule has 2 unspecified atom stereocenters. The lowest BCUT2D eigenvalue weighted by atomic mass is 10.1. The Hall–Kier alpha value is -0.850. The molecule has 1 N–H and O–H groups in total. The van der Waals surface area contributed by atoms with E-state index in [2.05, 4.69) is 24.3 Å². The number of likely N-dealkylation sites (N-methyl/N-ethyl adjacent to an activating group) is 1. The Labute approximate surface area is 133 Å². The highest BCUT2D eigenvalue weighted by molar-refractivity contribution is 5.75. The maximum Gasteiger partial charge on any atom is 0.320 e. The lowest BCUT2D eigenvalue weighted by Gasteiger charge is -2.28. The molecule has 3 aliphatic rings. The van der Waals surface area contributed by atoms with Gasteiger partial charge in [-0.15, -0.1) is 0 Å². The number of urea groups is 1. The molecule has 0 radical (unpaired) electrons. The van der Waals surface area contributed by atoms with Gasteiger partial charge in [-0.3, -0.25) is 0 Å². The van der Waals surface area contributed by atoms with Gasteiger partial charge in [-0.05, 0) is 39.8 Å². The molecule has 126 valence electrons. The van der Waals surface area contributed by atoms with Crippen LogP contribution in [0.5, 0.6) is 0 Å². The Kier molecular flexibility index (Phi) is 5.21. The summed E-state index contributed by atoms with van der Waals surface area (Å²) in [6, 6.07) is 1.78. The third kappa shape index (κ3) is 3.73. The van der Waals surface area contributed by atoms with Crippen LogP contribution in [0.15, 0.2) is 0 Å². The van der Waals surface area contributed by atoms with Crippen LogP contribution in [0.1, 0.15) is 25.7 Å². The third-order valence-electron chi connectivity index (χ3n) is 5.32. The highest BCUT2D eigenvalue weighted by Gasteiger charge is 2.34. The van der Waals surface area contributed by atoms with Gasteiger partial charge in [0, 0.05) is 57.5 Å². The number of likely N-dealkylation sites (tertiary alicyclic amines) is 2. The second-order valence-corrected chi connectivity index (χ2v) is 7.12. The number of ether oxygens (including phenoxy) is 1. The summed E-state index contributed by atoms with van der Waals surface area (Å²) in [7, 11) is 4.20. The van der Waals surface area contributed by atoms with Crippen LogP contribution in [0.3, 0.4) is 0 Å². The average molecular weight is 310 g/mol. The van der Waals surface area contributed by atoms with Crippen molar-refractivity contribution in [2.75, 3.05) is 53.5 Å². The van der Waals surface area contributed by atoms with Crippen molar-refractivity contribution in [2.24, 2.45) is 0 Å². The second-order valence-electron chi connectivity index (χ2n) is 7.12. The Morgan fingerprint density at radius 2 is 1.68 bits per heavy atom. The predicted molar refractivity (Wildman–Crippen MR) is 86.0 cm³/mol. The quantitative estimate of drug-likeness (QED) is 0.829. The van der Waals surface area contributed by atoms with E-state index in [1.165, 1.54) is 0 Å². The molecule has 0 saturated carbocycles. The van der Waals surface area contributed by atoms with E-state index in [9.17, 15) is 4.79 Å². The molecule has 0 aromatic heterocycles. The topological polar surface area (TPSA) is 48.0 Å². The molecule has 0 bridgehead atoms. The molecular weight excluding hydrogens is 280 g/mol. The van der Waals surface area contributed by atoms with E-state index in [1.807, 2.05) is 9.80 Å². The van der Waals surface area contributed by atoms with Crippen molar-refractivity contribution in [1.82, 2.24) is 20.0 Å². The smallest absolute Gasteiger partial charge is 0.320 e. The van der Waals surface area contributed by atoms with E-state index in [-0.39, 0.29) is 6.03 Å². The number of hydrogen-bond acceptors (Lipinski definition) is 4. The lowest BCUT2D eigenvalue weighted by molar-refractivity contribution is 0.0751. The minimum absolute atomic E-state index is 0.237. The van der Waals surface area contributed by atoms with Crippen molar-refractivity contribution in [3.05, 3.63) is 0 Å². The first-order valence-electron chi connectivity index (χ1n) is 8.67. The predicted octanol–water partition coefficient (Wildman–Crippen LogP) is 0.585. The zero-order chi connectivity index (χ0) is 15.5. The number of rotatable bonds is 3. The molecule has 2 amide bonds. The summed E-state index contributed by atoms with van der Waals surface area (Å²) < 4.78 is 5.41. The summed E-state index contributed by atoms with van der Waals surface area (Å²) in [6.45, 7) is 5.26. The van der Waals surface area contributed by atoms with Gasteiger partial charge in [0.05, 0.1) is 0 Å². The fourth-order valence-corrected chi connectivity index (χ4v) is 3.80. The molecule has 0 aromatic carbocycles. The summed E-state index contributed by atoms with van der Waals surface area (Å²) in [6.07, 6.45) is 4.37. The van der Waals surface area contributed by atoms with Crippen LogP contribution in [0.4, 0.5) is 4.79 Å². The normalized spacial score (nSPS) is 30.5. The van der Waals surface area contributed by atoms with Crippen LogP contribution in [0.2, 0.25) is 0 Å². The first-order chi connectivity index (χ1) is 10.6. The molecule has 6 heteroatoms. The number of nitrogens with zero attached hydrogens (tertiary/aromatic N) is 3. The molecule has 22 heavy (non-hydrogen) atoms. The van der Waals surface area contributed by atoms with Crippen molar-refractivity contribution >= 4 is 6.03 Å². The fourth-order valence-electron chi connectivity index (χ4n) is 3.80. The van der Waals surface area contributed by atoms with E-state index in [1.54, 1.807) is 0 Å². The highest BCUT2D eigenvalue weighted by Crippen LogP contribution is 2.19. The molecule has 2 atom stereocenters. The number of carbonyl (C=O) groups excluding carboxylic acids is 1. The van der Waals surface area contributed by atoms with E-state index in [0.29, 0.717) is 18.1 Å². The number of hydrogen-bond donors (Lipinski definition) is 1. The van der Waals surface area contributed by atoms with Crippen LogP contribution in [0, 0.1) is 0 Å². The maximum atomic E-state index is 12.6. The molecule has 3 saturated heterocycles. The second kappa shape index (κ2) is 7.15. The van der Waals surface area contributed by atoms with Crippen LogP contribution < -0.4 is 5.32 Å². The number of carbonyl (C=O) groups is 1. The molecule has 3 aliphatic heterocycles. The van der Waals surface area contributed by atoms with Crippen molar-refractivity contribution in [1.29, 1.82) is 0 Å². The number of amides is 2. The van der Waals surface area contributed by atoms with Crippen molar-refractivity contribution in [3.63, 3.8) is 0 Å². The summed E-state index contributed by atoms with van der Waals surface area (Å²) in [5.41, 5.74) is 0. The van der Waals surface area contributed by atoms with Gasteiger partial charge in [0.2, 0.25) is 0 Å².